The molecule has 22 heavy (non-hydrogen) atoms. The molecule has 6 heteroatoms. The van der Waals surface area contributed by atoms with Gasteiger partial charge < -0.3 is 14.9 Å². The lowest BCUT2D eigenvalue weighted by Crippen LogP contribution is -2.28. The lowest BCUT2D eigenvalue weighted by Gasteiger charge is -2.11. The van der Waals surface area contributed by atoms with E-state index in [1.165, 1.54) is 22.9 Å². The predicted octanol–water partition coefficient (Wildman–Crippen LogP) is 1.75. The molecule has 0 saturated heterocycles. The van der Waals surface area contributed by atoms with Gasteiger partial charge in [0.25, 0.3) is 5.91 Å². The molecule has 2 N–H and O–H groups in total. The number of carbonyl (C=O) groups is 1. The van der Waals surface area contributed by atoms with Crippen LogP contribution in [0.1, 0.15) is 29.1 Å². The summed E-state index contributed by atoms with van der Waals surface area (Å²) < 4.78 is 1.38. The van der Waals surface area contributed by atoms with Crippen LogP contribution in [0.5, 0.6) is 0 Å². The molecule has 1 atom stereocenters. The first kappa shape index (κ1) is 14.1. The molecular formula is C16H16N4O2. The number of carbonyl (C=O) groups excluding carboxylic acids is 1. The number of aromatic nitrogens is 3. The molecule has 0 aliphatic rings. The highest BCUT2D eigenvalue weighted by Gasteiger charge is 2.15. The average molecular weight is 296 g/mol. The number of amides is 1. The number of rotatable bonds is 3. The van der Waals surface area contributed by atoms with Crippen molar-refractivity contribution in [2.24, 2.45) is 7.05 Å². The molecule has 0 spiro atoms. The number of hydrogen-bond acceptors (Lipinski definition) is 3. The van der Waals surface area contributed by atoms with Gasteiger partial charge in [0, 0.05) is 19.3 Å². The number of H-pyrrole nitrogens is 1. The minimum Gasteiger partial charge on any atom is -0.342 e. The Hall–Kier alpha value is -2.89. The number of nitrogens with zero attached hydrogens (tertiary/aromatic N) is 2. The van der Waals surface area contributed by atoms with Crippen molar-refractivity contribution in [1.82, 2.24) is 19.9 Å². The number of imidazole rings is 1. The van der Waals surface area contributed by atoms with E-state index in [1.54, 1.807) is 7.05 Å². The summed E-state index contributed by atoms with van der Waals surface area (Å²) in [5, 5.41) is 2.87. The molecule has 112 valence electrons. The van der Waals surface area contributed by atoms with Gasteiger partial charge in [0.15, 0.2) is 0 Å². The SMILES string of the molecule is CC(NC(=O)c1ccc(=O)n(C)c1)c1nc2ccccc2[nH]1. The second-order valence-corrected chi connectivity index (χ2v) is 5.20. The summed E-state index contributed by atoms with van der Waals surface area (Å²) in [6.45, 7) is 1.86. The second kappa shape index (κ2) is 5.48. The summed E-state index contributed by atoms with van der Waals surface area (Å²) in [6.07, 6.45) is 1.52. The topological polar surface area (TPSA) is 79.8 Å². The van der Waals surface area contributed by atoms with Crippen LogP contribution < -0.4 is 10.9 Å². The highest BCUT2D eigenvalue weighted by molar-refractivity contribution is 5.94. The van der Waals surface area contributed by atoms with Gasteiger partial charge in [0.05, 0.1) is 22.6 Å². The Balaban J connectivity index is 1.80. The maximum Gasteiger partial charge on any atom is 0.253 e. The van der Waals surface area contributed by atoms with Gasteiger partial charge in [-0.05, 0) is 25.1 Å². The van der Waals surface area contributed by atoms with Gasteiger partial charge in [-0.2, -0.15) is 0 Å². The highest BCUT2D eigenvalue weighted by atomic mass is 16.2. The fourth-order valence-electron chi connectivity index (χ4n) is 2.25. The minimum atomic E-state index is -0.267. The third-order valence-corrected chi connectivity index (χ3v) is 3.51. The molecule has 0 aliphatic heterocycles. The normalized spacial score (nSPS) is 12.3. The monoisotopic (exact) mass is 296 g/mol. The molecule has 1 amide bonds. The largest absolute Gasteiger partial charge is 0.342 e. The molecule has 2 heterocycles. The molecule has 3 aromatic rings. The van der Waals surface area contributed by atoms with Gasteiger partial charge in [-0.1, -0.05) is 12.1 Å². The lowest BCUT2D eigenvalue weighted by atomic mass is 10.2. The quantitative estimate of drug-likeness (QED) is 0.773. The van der Waals surface area contributed by atoms with Crippen molar-refractivity contribution in [2.45, 2.75) is 13.0 Å². The minimum absolute atomic E-state index is 0.151. The van der Waals surface area contributed by atoms with E-state index in [-0.39, 0.29) is 17.5 Å². The number of benzene rings is 1. The fraction of sp³-hybridized carbons (Fsp3) is 0.188. The first-order valence-electron chi connectivity index (χ1n) is 6.97. The first-order valence-corrected chi connectivity index (χ1v) is 6.97. The Morgan fingerprint density at radius 1 is 1.27 bits per heavy atom. The zero-order valence-corrected chi connectivity index (χ0v) is 12.3. The standard InChI is InChI=1S/C16H16N4O2/c1-10(15-18-12-5-3-4-6-13(12)19-15)17-16(22)11-7-8-14(21)20(2)9-11/h3-10H,1-2H3,(H,17,22)(H,18,19). The van der Waals surface area contributed by atoms with E-state index in [0.717, 1.165) is 11.0 Å². The van der Waals surface area contributed by atoms with Crippen LogP contribution in [0.3, 0.4) is 0 Å². The smallest absolute Gasteiger partial charge is 0.253 e. The van der Waals surface area contributed by atoms with Gasteiger partial charge >= 0.3 is 0 Å². The van der Waals surface area contributed by atoms with Gasteiger partial charge in [-0.15, -0.1) is 0 Å². The molecule has 1 unspecified atom stereocenters. The van der Waals surface area contributed by atoms with Gasteiger partial charge in [0.1, 0.15) is 5.82 Å². The van der Waals surface area contributed by atoms with Crippen LogP contribution in [0.15, 0.2) is 47.4 Å². The summed E-state index contributed by atoms with van der Waals surface area (Å²) in [7, 11) is 1.61. The third-order valence-electron chi connectivity index (χ3n) is 3.51. The van der Waals surface area contributed by atoms with Crippen LogP contribution in [0.4, 0.5) is 0 Å². The highest BCUT2D eigenvalue weighted by Crippen LogP contribution is 2.15. The Labute approximate surface area is 126 Å². The van der Waals surface area contributed by atoms with Crippen molar-refractivity contribution < 1.29 is 4.79 Å². The number of para-hydroxylation sites is 2. The van der Waals surface area contributed by atoms with E-state index in [1.807, 2.05) is 31.2 Å². The van der Waals surface area contributed by atoms with Crippen LogP contribution in [0.25, 0.3) is 11.0 Å². The molecule has 0 radical (unpaired) electrons. The average Bonchev–Trinajstić information content (AvgIpc) is 2.94. The van der Waals surface area contributed by atoms with E-state index >= 15 is 0 Å². The van der Waals surface area contributed by atoms with Crippen molar-refractivity contribution >= 4 is 16.9 Å². The summed E-state index contributed by atoms with van der Waals surface area (Å²) >= 11 is 0. The van der Waals surface area contributed by atoms with Crippen LogP contribution in [0, 0.1) is 0 Å². The third kappa shape index (κ3) is 2.63. The predicted molar refractivity (Wildman–Crippen MR) is 83.7 cm³/mol. The fourth-order valence-corrected chi connectivity index (χ4v) is 2.25. The Morgan fingerprint density at radius 3 is 2.77 bits per heavy atom. The molecule has 3 rings (SSSR count). The number of fused-ring (bicyclic) bond motifs is 1. The van der Waals surface area contributed by atoms with E-state index in [2.05, 4.69) is 15.3 Å². The first-order chi connectivity index (χ1) is 10.5. The summed E-state index contributed by atoms with van der Waals surface area (Å²) in [6, 6.07) is 10.3. The Bertz CT molecular complexity index is 861. The number of hydrogen-bond donors (Lipinski definition) is 2. The van der Waals surface area contributed by atoms with Crippen molar-refractivity contribution in [3.8, 4) is 0 Å². The number of pyridine rings is 1. The Morgan fingerprint density at radius 2 is 2.05 bits per heavy atom. The molecule has 0 saturated carbocycles. The summed E-state index contributed by atoms with van der Waals surface area (Å²) in [4.78, 5) is 31.2. The van der Waals surface area contributed by atoms with Crippen LogP contribution in [0.2, 0.25) is 0 Å². The molecule has 0 aliphatic carbocycles. The zero-order chi connectivity index (χ0) is 15.7. The van der Waals surface area contributed by atoms with Gasteiger partial charge in [-0.25, -0.2) is 4.98 Å². The number of nitrogens with one attached hydrogen (secondary N) is 2. The molecule has 0 fully saturated rings. The van der Waals surface area contributed by atoms with Crippen molar-refractivity contribution in [2.75, 3.05) is 0 Å². The maximum absolute atomic E-state index is 12.2. The zero-order valence-electron chi connectivity index (χ0n) is 12.3. The molecule has 6 nitrogen and oxygen atoms in total. The molecule has 2 aromatic heterocycles. The Kier molecular flexibility index (Phi) is 3.50. The van der Waals surface area contributed by atoms with E-state index < -0.39 is 0 Å². The van der Waals surface area contributed by atoms with Crippen LogP contribution >= 0.6 is 0 Å². The maximum atomic E-state index is 12.2. The van der Waals surface area contributed by atoms with Crippen molar-refractivity contribution in [3.63, 3.8) is 0 Å². The molecular weight excluding hydrogens is 280 g/mol. The molecule has 0 bridgehead atoms. The van der Waals surface area contributed by atoms with E-state index in [0.29, 0.717) is 11.4 Å². The van der Waals surface area contributed by atoms with Gasteiger partial charge in [-0.3, -0.25) is 9.59 Å². The van der Waals surface area contributed by atoms with Crippen molar-refractivity contribution in [3.05, 3.63) is 64.3 Å². The van der Waals surface area contributed by atoms with E-state index in [4.69, 9.17) is 0 Å². The summed E-state index contributed by atoms with van der Waals surface area (Å²) in [5.41, 5.74) is 2.08. The summed E-state index contributed by atoms with van der Waals surface area (Å²) in [5.74, 6) is 0.447. The van der Waals surface area contributed by atoms with Crippen LogP contribution in [-0.2, 0) is 7.05 Å². The lowest BCUT2D eigenvalue weighted by molar-refractivity contribution is 0.0937. The second-order valence-electron chi connectivity index (χ2n) is 5.20. The molecule has 1 aromatic carbocycles. The van der Waals surface area contributed by atoms with Crippen molar-refractivity contribution in [1.29, 1.82) is 0 Å². The number of aromatic amines is 1. The van der Waals surface area contributed by atoms with E-state index in [9.17, 15) is 9.59 Å². The van der Waals surface area contributed by atoms with Gasteiger partial charge in [0.2, 0.25) is 5.56 Å². The number of aryl methyl sites for hydroxylation is 1. The van der Waals surface area contributed by atoms with Crippen LogP contribution in [-0.4, -0.2) is 20.4 Å².